The molecule has 1 atom stereocenters. The summed E-state index contributed by atoms with van der Waals surface area (Å²) in [5.74, 6) is -0.593. The highest BCUT2D eigenvalue weighted by Crippen LogP contribution is 2.32. The van der Waals surface area contributed by atoms with Crippen molar-refractivity contribution in [1.82, 2.24) is 0 Å². The second-order valence-corrected chi connectivity index (χ2v) is 3.96. The van der Waals surface area contributed by atoms with Crippen LogP contribution in [-0.2, 0) is 0 Å². The third-order valence-corrected chi connectivity index (χ3v) is 2.97. The van der Waals surface area contributed by atoms with Crippen molar-refractivity contribution in [2.45, 2.75) is 4.83 Å². The summed E-state index contributed by atoms with van der Waals surface area (Å²) in [5, 5.41) is 0. The van der Waals surface area contributed by atoms with Gasteiger partial charge in [0.05, 0.1) is 6.26 Å². The average molecular weight is 273 g/mol. The van der Waals surface area contributed by atoms with Gasteiger partial charge in [0.25, 0.3) is 0 Å². The first kappa shape index (κ1) is 10.4. The van der Waals surface area contributed by atoms with Gasteiger partial charge in [0.2, 0.25) is 0 Å². The molecule has 0 aliphatic rings. The first-order valence-electron chi connectivity index (χ1n) is 4.31. The van der Waals surface area contributed by atoms with Crippen molar-refractivity contribution < 1.29 is 13.2 Å². The molecular formula is C11H7BrF2O. The monoisotopic (exact) mass is 272 g/mol. The topological polar surface area (TPSA) is 13.1 Å². The summed E-state index contributed by atoms with van der Waals surface area (Å²) in [7, 11) is 0. The Morgan fingerprint density at radius 2 is 2.00 bits per heavy atom. The molecule has 15 heavy (non-hydrogen) atoms. The van der Waals surface area contributed by atoms with E-state index in [1.165, 1.54) is 18.4 Å². The van der Waals surface area contributed by atoms with Crippen LogP contribution in [0.1, 0.15) is 16.2 Å². The van der Waals surface area contributed by atoms with E-state index in [4.69, 9.17) is 4.42 Å². The molecule has 1 nitrogen and oxygen atoms in total. The molecule has 0 bridgehead atoms. The number of furan rings is 1. The first-order valence-corrected chi connectivity index (χ1v) is 5.22. The van der Waals surface area contributed by atoms with E-state index in [1.807, 2.05) is 0 Å². The van der Waals surface area contributed by atoms with Crippen molar-refractivity contribution in [2.24, 2.45) is 0 Å². The molecule has 1 aromatic heterocycles. The van der Waals surface area contributed by atoms with Gasteiger partial charge in [-0.1, -0.05) is 22.0 Å². The molecule has 0 amide bonds. The maximum absolute atomic E-state index is 13.4. The molecule has 4 heteroatoms. The Morgan fingerprint density at radius 1 is 1.20 bits per heavy atom. The molecule has 2 rings (SSSR count). The fraction of sp³-hybridized carbons (Fsp3) is 0.0909. The van der Waals surface area contributed by atoms with Crippen LogP contribution in [-0.4, -0.2) is 0 Å². The van der Waals surface area contributed by atoms with E-state index in [2.05, 4.69) is 15.9 Å². The number of halogens is 3. The summed E-state index contributed by atoms with van der Waals surface area (Å²) >= 11 is 3.29. The van der Waals surface area contributed by atoms with Crippen molar-refractivity contribution >= 4 is 15.9 Å². The minimum atomic E-state index is -0.590. The number of rotatable bonds is 2. The zero-order chi connectivity index (χ0) is 10.8. The van der Waals surface area contributed by atoms with Crippen LogP contribution in [0.15, 0.2) is 41.0 Å². The molecule has 0 aliphatic carbocycles. The average Bonchev–Trinajstić information content (AvgIpc) is 2.69. The van der Waals surface area contributed by atoms with Gasteiger partial charge < -0.3 is 4.42 Å². The Kier molecular flexibility index (Phi) is 2.86. The van der Waals surface area contributed by atoms with Crippen LogP contribution in [0.4, 0.5) is 8.78 Å². The quantitative estimate of drug-likeness (QED) is 0.752. The van der Waals surface area contributed by atoms with E-state index in [0.717, 1.165) is 6.07 Å². The van der Waals surface area contributed by atoms with E-state index in [-0.39, 0.29) is 0 Å². The molecule has 0 radical (unpaired) electrons. The van der Waals surface area contributed by atoms with E-state index in [9.17, 15) is 8.78 Å². The molecule has 2 aromatic rings. The maximum Gasteiger partial charge on any atom is 0.130 e. The zero-order valence-electron chi connectivity index (χ0n) is 7.58. The molecule has 1 unspecified atom stereocenters. The number of hydrogen-bond acceptors (Lipinski definition) is 1. The second kappa shape index (κ2) is 4.14. The summed E-state index contributed by atoms with van der Waals surface area (Å²) < 4.78 is 31.2. The lowest BCUT2D eigenvalue weighted by atomic mass is 10.1. The highest BCUT2D eigenvalue weighted by molar-refractivity contribution is 9.09. The third-order valence-electron chi connectivity index (χ3n) is 2.03. The molecule has 0 aliphatic heterocycles. The molecule has 1 heterocycles. The minimum Gasteiger partial charge on any atom is -0.468 e. The molecule has 78 valence electrons. The van der Waals surface area contributed by atoms with Gasteiger partial charge in [0.15, 0.2) is 0 Å². The smallest absolute Gasteiger partial charge is 0.130 e. The SMILES string of the molecule is Fc1ccc(C(Br)c2ccco2)c(F)c1. The summed E-state index contributed by atoms with van der Waals surface area (Å²) in [5.41, 5.74) is 0.353. The molecular weight excluding hydrogens is 266 g/mol. The number of benzene rings is 1. The van der Waals surface area contributed by atoms with Crippen LogP contribution in [0.25, 0.3) is 0 Å². The highest BCUT2D eigenvalue weighted by Gasteiger charge is 2.17. The molecule has 0 saturated carbocycles. The summed E-state index contributed by atoms with van der Waals surface area (Å²) in [6, 6.07) is 6.90. The van der Waals surface area contributed by atoms with Crippen molar-refractivity contribution in [3.05, 3.63) is 59.6 Å². The van der Waals surface area contributed by atoms with Crippen molar-refractivity contribution in [3.63, 3.8) is 0 Å². The van der Waals surface area contributed by atoms with Gasteiger partial charge in [0.1, 0.15) is 22.2 Å². The zero-order valence-corrected chi connectivity index (χ0v) is 9.17. The van der Waals surface area contributed by atoms with Gasteiger partial charge >= 0.3 is 0 Å². The minimum absolute atomic E-state index is 0.353. The predicted octanol–water partition coefficient (Wildman–Crippen LogP) is 4.04. The number of alkyl halides is 1. The van der Waals surface area contributed by atoms with Gasteiger partial charge in [-0.15, -0.1) is 0 Å². The van der Waals surface area contributed by atoms with E-state index in [1.54, 1.807) is 12.1 Å². The van der Waals surface area contributed by atoms with E-state index < -0.39 is 16.5 Å². The molecule has 0 saturated heterocycles. The van der Waals surface area contributed by atoms with Crippen LogP contribution < -0.4 is 0 Å². The van der Waals surface area contributed by atoms with Crippen molar-refractivity contribution in [2.75, 3.05) is 0 Å². The second-order valence-electron chi connectivity index (χ2n) is 3.04. The van der Waals surface area contributed by atoms with Crippen molar-refractivity contribution in [3.8, 4) is 0 Å². The van der Waals surface area contributed by atoms with E-state index in [0.29, 0.717) is 11.3 Å². The van der Waals surface area contributed by atoms with Crippen LogP contribution in [0.2, 0.25) is 0 Å². The Hall–Kier alpha value is -1.16. The van der Waals surface area contributed by atoms with Gasteiger partial charge in [0, 0.05) is 11.6 Å². The molecule has 1 aromatic carbocycles. The van der Waals surface area contributed by atoms with Crippen LogP contribution in [0, 0.1) is 11.6 Å². The lowest BCUT2D eigenvalue weighted by Crippen LogP contribution is -1.95. The Bertz CT molecular complexity index is 454. The lowest BCUT2D eigenvalue weighted by Gasteiger charge is -2.08. The summed E-state index contributed by atoms with van der Waals surface area (Å²) in [4.78, 5) is -0.395. The first-order chi connectivity index (χ1) is 7.18. The molecule has 0 spiro atoms. The van der Waals surface area contributed by atoms with Crippen molar-refractivity contribution in [1.29, 1.82) is 0 Å². The van der Waals surface area contributed by atoms with Crippen LogP contribution in [0.5, 0.6) is 0 Å². The summed E-state index contributed by atoms with van der Waals surface area (Å²) in [6.07, 6.45) is 1.50. The largest absolute Gasteiger partial charge is 0.468 e. The predicted molar refractivity (Wildman–Crippen MR) is 55.8 cm³/mol. The Balaban J connectivity index is 2.38. The van der Waals surface area contributed by atoms with Gasteiger partial charge in [-0.05, 0) is 18.2 Å². The van der Waals surface area contributed by atoms with Crippen LogP contribution in [0.3, 0.4) is 0 Å². The van der Waals surface area contributed by atoms with Gasteiger partial charge in [-0.25, -0.2) is 8.78 Å². The highest BCUT2D eigenvalue weighted by atomic mass is 79.9. The van der Waals surface area contributed by atoms with E-state index >= 15 is 0 Å². The standard InChI is InChI=1S/C11H7BrF2O/c12-11(10-2-1-5-15-10)8-4-3-7(13)6-9(8)14/h1-6,11H. The fourth-order valence-corrected chi connectivity index (χ4v) is 1.93. The van der Waals surface area contributed by atoms with Gasteiger partial charge in [-0.2, -0.15) is 0 Å². The van der Waals surface area contributed by atoms with Gasteiger partial charge in [-0.3, -0.25) is 0 Å². The Labute approximate surface area is 93.8 Å². The summed E-state index contributed by atoms with van der Waals surface area (Å²) in [6.45, 7) is 0. The third kappa shape index (κ3) is 2.09. The maximum atomic E-state index is 13.4. The molecule has 0 N–H and O–H groups in total. The fourth-order valence-electron chi connectivity index (χ4n) is 1.30. The molecule has 0 fully saturated rings. The van der Waals surface area contributed by atoms with Crippen LogP contribution >= 0.6 is 15.9 Å². The Morgan fingerprint density at radius 3 is 2.60 bits per heavy atom. The lowest BCUT2D eigenvalue weighted by molar-refractivity contribution is 0.511. The normalized spacial score (nSPS) is 12.7. The number of hydrogen-bond donors (Lipinski definition) is 0.